The van der Waals surface area contributed by atoms with E-state index in [9.17, 15) is 4.79 Å². The van der Waals surface area contributed by atoms with Crippen molar-refractivity contribution < 1.29 is 18.8 Å². The molecule has 7 nitrogen and oxygen atoms in total. The van der Waals surface area contributed by atoms with E-state index in [2.05, 4.69) is 10.1 Å². The van der Waals surface area contributed by atoms with Crippen LogP contribution in [0.1, 0.15) is 35.1 Å². The minimum absolute atomic E-state index is 0.148. The molecule has 0 aliphatic carbocycles. The first-order chi connectivity index (χ1) is 14.1. The fraction of sp³-hybridized carbons (Fsp3) is 0.286. The van der Waals surface area contributed by atoms with Gasteiger partial charge >= 0.3 is 0 Å². The molecule has 0 saturated carbocycles. The van der Waals surface area contributed by atoms with Crippen LogP contribution in [0.4, 0.5) is 0 Å². The summed E-state index contributed by atoms with van der Waals surface area (Å²) in [6, 6.07) is 12.1. The highest BCUT2D eigenvalue weighted by Crippen LogP contribution is 2.35. The van der Waals surface area contributed by atoms with Crippen LogP contribution in [0, 0.1) is 0 Å². The van der Waals surface area contributed by atoms with Crippen molar-refractivity contribution in [1.29, 1.82) is 0 Å². The van der Waals surface area contributed by atoms with E-state index in [1.807, 2.05) is 24.3 Å². The molecule has 1 atom stereocenters. The van der Waals surface area contributed by atoms with Gasteiger partial charge in [-0.2, -0.15) is 4.98 Å². The fourth-order valence-corrected chi connectivity index (χ4v) is 3.65. The van der Waals surface area contributed by atoms with Crippen LogP contribution < -0.4 is 9.47 Å². The molecule has 1 aromatic heterocycles. The Bertz CT molecular complexity index is 1020. The van der Waals surface area contributed by atoms with Gasteiger partial charge in [-0.3, -0.25) is 4.79 Å². The van der Waals surface area contributed by atoms with Crippen LogP contribution in [0.15, 0.2) is 47.0 Å². The molecule has 29 heavy (non-hydrogen) atoms. The van der Waals surface area contributed by atoms with Crippen LogP contribution in [0.5, 0.6) is 11.5 Å². The van der Waals surface area contributed by atoms with Crippen molar-refractivity contribution in [2.75, 3.05) is 20.8 Å². The first-order valence-corrected chi connectivity index (χ1v) is 9.61. The maximum absolute atomic E-state index is 13.2. The summed E-state index contributed by atoms with van der Waals surface area (Å²) in [6.45, 7) is 0.607. The molecule has 1 aliphatic heterocycles. The lowest BCUT2D eigenvalue weighted by molar-refractivity contribution is 0.0706. The van der Waals surface area contributed by atoms with Crippen LogP contribution in [-0.4, -0.2) is 41.7 Å². The summed E-state index contributed by atoms with van der Waals surface area (Å²) in [6.07, 6.45) is 1.61. The standard InChI is InChI=1S/C21H20ClN3O4/c1-27-15-8-5-13(6-9-15)19-23-20(29-24-19)17-4-3-11-25(17)21(26)16-10-7-14(22)12-18(16)28-2/h5-10,12,17H,3-4,11H2,1-2H3/t17-/m1/s1. The van der Waals surface area contributed by atoms with Crippen molar-refractivity contribution in [3.63, 3.8) is 0 Å². The summed E-state index contributed by atoms with van der Waals surface area (Å²) < 4.78 is 16.0. The first-order valence-electron chi connectivity index (χ1n) is 9.23. The summed E-state index contributed by atoms with van der Waals surface area (Å²) in [5, 5.41) is 4.60. The molecule has 2 heterocycles. The van der Waals surface area contributed by atoms with Gasteiger partial charge in [0.2, 0.25) is 11.7 Å². The van der Waals surface area contributed by atoms with E-state index in [0.29, 0.717) is 34.6 Å². The molecule has 0 unspecified atom stereocenters. The molecule has 1 aliphatic rings. The molecule has 0 spiro atoms. The zero-order valence-corrected chi connectivity index (χ0v) is 16.8. The zero-order chi connectivity index (χ0) is 20.4. The number of ether oxygens (including phenoxy) is 2. The normalized spacial score (nSPS) is 16.1. The van der Waals surface area contributed by atoms with Gasteiger partial charge in [-0.05, 0) is 55.3 Å². The molecule has 1 amide bonds. The number of halogens is 1. The van der Waals surface area contributed by atoms with E-state index in [4.69, 9.17) is 25.6 Å². The van der Waals surface area contributed by atoms with Gasteiger partial charge < -0.3 is 18.9 Å². The Hall–Kier alpha value is -3.06. The van der Waals surface area contributed by atoms with Crippen LogP contribution >= 0.6 is 11.6 Å². The number of hydrogen-bond donors (Lipinski definition) is 0. The number of carbonyl (C=O) groups excluding carboxylic acids is 1. The predicted octanol–water partition coefficient (Wildman–Crippen LogP) is 4.38. The van der Waals surface area contributed by atoms with E-state index in [0.717, 1.165) is 24.2 Å². The molecule has 2 aromatic carbocycles. The number of hydrogen-bond acceptors (Lipinski definition) is 6. The van der Waals surface area contributed by atoms with Gasteiger partial charge in [0, 0.05) is 17.1 Å². The van der Waals surface area contributed by atoms with Gasteiger partial charge in [0.05, 0.1) is 19.8 Å². The van der Waals surface area contributed by atoms with Gasteiger partial charge in [-0.1, -0.05) is 16.8 Å². The summed E-state index contributed by atoms with van der Waals surface area (Å²) in [7, 11) is 3.13. The lowest BCUT2D eigenvalue weighted by Crippen LogP contribution is -2.31. The molecule has 1 fully saturated rings. The SMILES string of the molecule is COc1ccc(-c2noc([C@H]3CCCN3C(=O)c3ccc(Cl)cc3OC)n2)cc1. The van der Waals surface area contributed by atoms with E-state index in [-0.39, 0.29) is 11.9 Å². The Labute approximate surface area is 173 Å². The Morgan fingerprint density at radius 3 is 2.69 bits per heavy atom. The fourth-order valence-electron chi connectivity index (χ4n) is 3.49. The highest BCUT2D eigenvalue weighted by molar-refractivity contribution is 6.30. The van der Waals surface area contributed by atoms with E-state index in [1.165, 1.54) is 7.11 Å². The van der Waals surface area contributed by atoms with Crippen LogP contribution in [0.3, 0.4) is 0 Å². The Balaban J connectivity index is 1.59. The number of likely N-dealkylation sites (tertiary alicyclic amines) is 1. The molecule has 150 valence electrons. The van der Waals surface area contributed by atoms with Crippen LogP contribution in [0.2, 0.25) is 5.02 Å². The van der Waals surface area contributed by atoms with E-state index in [1.54, 1.807) is 30.2 Å². The second kappa shape index (κ2) is 8.13. The average Bonchev–Trinajstić information content (AvgIpc) is 3.42. The zero-order valence-electron chi connectivity index (χ0n) is 16.1. The molecule has 8 heteroatoms. The number of benzene rings is 2. The van der Waals surface area contributed by atoms with Crippen molar-refractivity contribution in [2.45, 2.75) is 18.9 Å². The summed E-state index contributed by atoms with van der Waals surface area (Å²) in [4.78, 5) is 19.5. The smallest absolute Gasteiger partial charge is 0.258 e. The molecule has 3 aromatic rings. The summed E-state index contributed by atoms with van der Waals surface area (Å²) >= 11 is 6.02. The lowest BCUT2D eigenvalue weighted by atomic mass is 10.1. The third-order valence-electron chi connectivity index (χ3n) is 4.98. The minimum atomic E-state index is -0.276. The number of amides is 1. The quantitative estimate of drug-likeness (QED) is 0.617. The van der Waals surface area contributed by atoms with E-state index < -0.39 is 0 Å². The topological polar surface area (TPSA) is 77.7 Å². The van der Waals surface area contributed by atoms with Crippen molar-refractivity contribution >= 4 is 17.5 Å². The Morgan fingerprint density at radius 1 is 1.17 bits per heavy atom. The monoisotopic (exact) mass is 413 g/mol. The Kier molecular flexibility index (Phi) is 5.40. The largest absolute Gasteiger partial charge is 0.497 e. The molecule has 0 bridgehead atoms. The number of carbonyl (C=O) groups is 1. The third-order valence-corrected chi connectivity index (χ3v) is 5.22. The molecule has 1 saturated heterocycles. The lowest BCUT2D eigenvalue weighted by Gasteiger charge is -2.22. The second-order valence-corrected chi connectivity index (χ2v) is 7.12. The number of aromatic nitrogens is 2. The maximum Gasteiger partial charge on any atom is 0.258 e. The second-order valence-electron chi connectivity index (χ2n) is 6.69. The van der Waals surface area contributed by atoms with Crippen molar-refractivity contribution in [2.24, 2.45) is 0 Å². The minimum Gasteiger partial charge on any atom is -0.497 e. The van der Waals surface area contributed by atoms with E-state index >= 15 is 0 Å². The molecule has 0 radical (unpaired) electrons. The number of rotatable bonds is 5. The summed E-state index contributed by atoms with van der Waals surface area (Å²) in [5.41, 5.74) is 1.27. The van der Waals surface area contributed by atoms with Gasteiger partial charge in [0.15, 0.2) is 0 Å². The van der Waals surface area contributed by atoms with Crippen LogP contribution in [0.25, 0.3) is 11.4 Å². The summed E-state index contributed by atoms with van der Waals surface area (Å²) in [5.74, 6) is 1.95. The maximum atomic E-state index is 13.2. The molecule has 4 rings (SSSR count). The van der Waals surface area contributed by atoms with Gasteiger partial charge in [0.1, 0.15) is 17.5 Å². The Morgan fingerprint density at radius 2 is 1.97 bits per heavy atom. The van der Waals surface area contributed by atoms with Crippen LogP contribution in [-0.2, 0) is 0 Å². The predicted molar refractivity (Wildman–Crippen MR) is 107 cm³/mol. The third kappa shape index (κ3) is 3.78. The number of methoxy groups -OCH3 is 2. The molecular formula is C21H20ClN3O4. The molecular weight excluding hydrogens is 394 g/mol. The molecule has 0 N–H and O–H groups in total. The van der Waals surface area contributed by atoms with Gasteiger partial charge in [-0.15, -0.1) is 0 Å². The number of nitrogens with zero attached hydrogens (tertiary/aromatic N) is 3. The van der Waals surface area contributed by atoms with Crippen molar-refractivity contribution in [3.05, 3.63) is 58.9 Å². The average molecular weight is 414 g/mol. The highest BCUT2D eigenvalue weighted by Gasteiger charge is 2.35. The van der Waals surface area contributed by atoms with Crippen molar-refractivity contribution in [1.82, 2.24) is 15.0 Å². The highest BCUT2D eigenvalue weighted by atomic mass is 35.5. The van der Waals surface area contributed by atoms with Gasteiger partial charge in [-0.25, -0.2) is 0 Å². The van der Waals surface area contributed by atoms with Crippen molar-refractivity contribution in [3.8, 4) is 22.9 Å². The van der Waals surface area contributed by atoms with Gasteiger partial charge in [0.25, 0.3) is 5.91 Å². The first kappa shape index (κ1) is 19.3.